The van der Waals surface area contributed by atoms with E-state index in [2.05, 4.69) is 20.3 Å². The molecule has 3 aromatic rings. The van der Waals surface area contributed by atoms with Crippen molar-refractivity contribution in [1.82, 2.24) is 10.3 Å². The molecule has 2 aromatic carbocycles. The summed E-state index contributed by atoms with van der Waals surface area (Å²) in [5, 5.41) is 22.0. The van der Waals surface area contributed by atoms with E-state index >= 15 is 0 Å². The Kier molecular flexibility index (Phi) is 3.19. The molecule has 21 heavy (non-hydrogen) atoms. The van der Waals surface area contributed by atoms with Crippen molar-refractivity contribution in [3.05, 3.63) is 51.0 Å². The monoisotopic (exact) mass is 304 g/mol. The predicted octanol–water partition coefficient (Wildman–Crippen LogP) is 3.84. The minimum Gasteiger partial charge on any atom is -0.350 e. The summed E-state index contributed by atoms with van der Waals surface area (Å²) in [5.41, 5.74) is 2.10. The molecule has 3 rings (SSSR count). The zero-order chi connectivity index (χ0) is 15.0. The van der Waals surface area contributed by atoms with Crippen molar-refractivity contribution in [2.75, 3.05) is 5.32 Å². The van der Waals surface area contributed by atoms with Crippen LogP contribution in [0.25, 0.3) is 11.0 Å². The van der Waals surface area contributed by atoms with Crippen LogP contribution in [0, 0.1) is 17.0 Å². The Labute approximate surface area is 123 Å². The van der Waals surface area contributed by atoms with Gasteiger partial charge in [0.25, 0.3) is 0 Å². The number of anilines is 2. The van der Waals surface area contributed by atoms with Crippen LogP contribution in [-0.2, 0) is 0 Å². The van der Waals surface area contributed by atoms with E-state index in [4.69, 9.17) is 11.6 Å². The van der Waals surface area contributed by atoms with Gasteiger partial charge in [-0.15, -0.1) is 0 Å². The van der Waals surface area contributed by atoms with Gasteiger partial charge in [-0.2, -0.15) is 0 Å². The van der Waals surface area contributed by atoms with Gasteiger partial charge in [-0.05, 0) is 47.1 Å². The van der Waals surface area contributed by atoms with E-state index in [0.29, 0.717) is 21.9 Å². The first-order chi connectivity index (χ1) is 10.1. The molecule has 1 aromatic heterocycles. The number of hydrogen-bond donors (Lipinski definition) is 1. The molecule has 7 nitrogen and oxygen atoms in total. The standard InChI is InChI=1S/C13H9ClN4O3/c1-7-2-3-8(6-9(7)14)15-11-5-4-10-12(17-21-16-10)13(11)18(19)20/h2-6,15H,1H3. The SMILES string of the molecule is Cc1ccc(Nc2ccc3nonc3c2[N+](=O)[O-])cc1Cl. The van der Waals surface area contributed by atoms with Crippen LogP contribution < -0.4 is 5.32 Å². The van der Waals surface area contributed by atoms with Crippen LogP contribution >= 0.6 is 11.6 Å². The highest BCUT2D eigenvalue weighted by Crippen LogP contribution is 2.34. The third-order valence-electron chi connectivity index (χ3n) is 3.03. The average molecular weight is 305 g/mol. The van der Waals surface area contributed by atoms with E-state index < -0.39 is 4.92 Å². The van der Waals surface area contributed by atoms with Crippen molar-refractivity contribution in [2.24, 2.45) is 0 Å². The van der Waals surface area contributed by atoms with Gasteiger partial charge in [0.15, 0.2) is 0 Å². The fourth-order valence-electron chi connectivity index (χ4n) is 1.95. The Morgan fingerprint density at radius 3 is 2.81 bits per heavy atom. The normalized spacial score (nSPS) is 10.8. The number of nitro benzene ring substituents is 1. The summed E-state index contributed by atoms with van der Waals surface area (Å²) in [5.74, 6) is 0. The molecule has 0 bridgehead atoms. The summed E-state index contributed by atoms with van der Waals surface area (Å²) in [7, 11) is 0. The van der Waals surface area contributed by atoms with Gasteiger partial charge in [-0.25, -0.2) is 4.63 Å². The summed E-state index contributed by atoms with van der Waals surface area (Å²) in [6.07, 6.45) is 0. The van der Waals surface area contributed by atoms with Crippen molar-refractivity contribution in [1.29, 1.82) is 0 Å². The lowest BCUT2D eigenvalue weighted by Crippen LogP contribution is -1.98. The maximum absolute atomic E-state index is 11.3. The molecule has 0 saturated carbocycles. The van der Waals surface area contributed by atoms with Gasteiger partial charge >= 0.3 is 5.69 Å². The Hall–Kier alpha value is -2.67. The number of benzene rings is 2. The summed E-state index contributed by atoms with van der Waals surface area (Å²) in [6.45, 7) is 1.88. The van der Waals surface area contributed by atoms with Gasteiger partial charge < -0.3 is 5.32 Å². The van der Waals surface area contributed by atoms with E-state index in [9.17, 15) is 10.1 Å². The second-order valence-corrected chi connectivity index (χ2v) is 4.85. The molecule has 0 aliphatic rings. The Bertz CT molecular complexity index is 847. The molecule has 0 saturated heterocycles. The van der Waals surface area contributed by atoms with E-state index in [-0.39, 0.29) is 11.2 Å². The lowest BCUT2D eigenvalue weighted by Gasteiger charge is -2.08. The molecule has 1 heterocycles. The summed E-state index contributed by atoms with van der Waals surface area (Å²) < 4.78 is 4.54. The highest BCUT2D eigenvalue weighted by molar-refractivity contribution is 6.31. The van der Waals surface area contributed by atoms with E-state index in [0.717, 1.165) is 5.56 Å². The Morgan fingerprint density at radius 1 is 1.29 bits per heavy atom. The zero-order valence-electron chi connectivity index (χ0n) is 10.8. The highest BCUT2D eigenvalue weighted by atomic mass is 35.5. The third-order valence-corrected chi connectivity index (χ3v) is 3.44. The van der Waals surface area contributed by atoms with Crippen molar-refractivity contribution in [2.45, 2.75) is 6.92 Å². The molecule has 0 radical (unpaired) electrons. The number of nitrogens with one attached hydrogen (secondary N) is 1. The van der Waals surface area contributed by atoms with Crippen molar-refractivity contribution < 1.29 is 9.55 Å². The van der Waals surface area contributed by atoms with Gasteiger partial charge in [0.2, 0.25) is 5.52 Å². The van der Waals surface area contributed by atoms with Gasteiger partial charge in [-0.3, -0.25) is 10.1 Å². The molecule has 0 aliphatic carbocycles. The largest absolute Gasteiger partial charge is 0.350 e. The van der Waals surface area contributed by atoms with Crippen LogP contribution in [0.4, 0.5) is 17.1 Å². The fourth-order valence-corrected chi connectivity index (χ4v) is 2.13. The molecule has 0 amide bonds. The first-order valence-corrected chi connectivity index (χ1v) is 6.37. The molecule has 1 N–H and O–H groups in total. The number of rotatable bonds is 3. The topological polar surface area (TPSA) is 94.1 Å². The Morgan fingerprint density at radius 2 is 2.10 bits per heavy atom. The molecule has 0 fully saturated rings. The van der Waals surface area contributed by atoms with Gasteiger partial charge in [0.05, 0.1) is 4.92 Å². The van der Waals surface area contributed by atoms with Crippen LogP contribution in [-0.4, -0.2) is 15.2 Å². The number of nitrogens with zero attached hydrogens (tertiary/aromatic N) is 3. The van der Waals surface area contributed by atoms with E-state index in [1.54, 1.807) is 24.3 Å². The number of aryl methyl sites for hydroxylation is 1. The van der Waals surface area contributed by atoms with Crippen molar-refractivity contribution >= 4 is 39.7 Å². The predicted molar refractivity (Wildman–Crippen MR) is 77.9 cm³/mol. The summed E-state index contributed by atoms with van der Waals surface area (Å²) in [4.78, 5) is 10.8. The smallest absolute Gasteiger partial charge is 0.323 e. The first kappa shape index (κ1) is 13.3. The maximum atomic E-state index is 11.3. The minimum absolute atomic E-state index is 0.100. The number of nitro groups is 1. The van der Waals surface area contributed by atoms with Crippen LogP contribution in [0.1, 0.15) is 5.56 Å². The minimum atomic E-state index is -0.523. The molecular weight excluding hydrogens is 296 g/mol. The quantitative estimate of drug-likeness (QED) is 0.583. The van der Waals surface area contributed by atoms with E-state index in [1.165, 1.54) is 0 Å². The lowest BCUT2D eigenvalue weighted by atomic mass is 10.2. The number of halogens is 1. The maximum Gasteiger partial charge on any atom is 0.323 e. The highest BCUT2D eigenvalue weighted by Gasteiger charge is 2.22. The average Bonchev–Trinajstić information content (AvgIpc) is 2.90. The van der Waals surface area contributed by atoms with Gasteiger partial charge in [-0.1, -0.05) is 17.7 Å². The molecule has 0 spiro atoms. The number of aromatic nitrogens is 2. The Balaban J connectivity index is 2.09. The fraction of sp³-hybridized carbons (Fsp3) is 0.0769. The molecule has 0 atom stereocenters. The zero-order valence-corrected chi connectivity index (χ0v) is 11.6. The molecule has 0 unspecified atom stereocenters. The number of hydrogen-bond acceptors (Lipinski definition) is 6. The lowest BCUT2D eigenvalue weighted by molar-refractivity contribution is -0.382. The summed E-state index contributed by atoms with van der Waals surface area (Å²) in [6, 6.07) is 8.46. The first-order valence-electron chi connectivity index (χ1n) is 5.99. The van der Waals surface area contributed by atoms with Crippen LogP contribution in [0.5, 0.6) is 0 Å². The van der Waals surface area contributed by atoms with Gasteiger partial charge in [0.1, 0.15) is 11.2 Å². The third kappa shape index (κ3) is 2.38. The van der Waals surface area contributed by atoms with Crippen molar-refractivity contribution in [3.63, 3.8) is 0 Å². The molecule has 106 valence electrons. The second-order valence-electron chi connectivity index (χ2n) is 4.44. The second kappa shape index (κ2) is 5.02. The summed E-state index contributed by atoms with van der Waals surface area (Å²) >= 11 is 6.05. The van der Waals surface area contributed by atoms with Crippen LogP contribution in [0.2, 0.25) is 5.02 Å². The van der Waals surface area contributed by atoms with Crippen LogP contribution in [0.15, 0.2) is 35.0 Å². The van der Waals surface area contributed by atoms with Crippen molar-refractivity contribution in [3.8, 4) is 0 Å². The van der Waals surface area contributed by atoms with Gasteiger partial charge in [0, 0.05) is 10.7 Å². The molecular formula is C13H9ClN4O3. The number of fused-ring (bicyclic) bond motifs is 1. The molecule has 0 aliphatic heterocycles. The van der Waals surface area contributed by atoms with Crippen LogP contribution in [0.3, 0.4) is 0 Å². The molecule has 8 heteroatoms. The van der Waals surface area contributed by atoms with E-state index in [1.807, 2.05) is 13.0 Å².